The fraction of sp³-hybridized carbons (Fsp3) is 0.375. The average molecular weight is 266 g/mol. The molecule has 0 fully saturated rings. The van der Waals surface area contributed by atoms with Gasteiger partial charge in [0.2, 0.25) is 0 Å². The minimum absolute atomic E-state index is 0. The van der Waals surface area contributed by atoms with Gasteiger partial charge < -0.3 is 0 Å². The monoisotopic (exact) mass is 266 g/mol. The Labute approximate surface area is 117 Å². The van der Waals surface area contributed by atoms with Crippen molar-refractivity contribution in [1.29, 1.82) is 0 Å². The summed E-state index contributed by atoms with van der Waals surface area (Å²) in [5.41, 5.74) is 2.87. The van der Waals surface area contributed by atoms with E-state index in [0.717, 1.165) is 0 Å². The second-order valence-electron chi connectivity index (χ2n) is 4.75. The van der Waals surface area contributed by atoms with Gasteiger partial charge in [0.15, 0.2) is 0 Å². The van der Waals surface area contributed by atoms with Crippen LogP contribution in [-0.4, -0.2) is 0 Å². The second kappa shape index (κ2) is 8.34. The van der Waals surface area contributed by atoms with Gasteiger partial charge >= 0.3 is 17.4 Å². The molecule has 0 radical (unpaired) electrons. The average Bonchev–Trinajstić information content (AvgIpc) is 2.93. The molecule has 0 aromatic heterocycles. The number of hydrogen-bond acceptors (Lipinski definition) is 0. The van der Waals surface area contributed by atoms with Crippen molar-refractivity contribution < 1.29 is 17.4 Å². The maximum Gasteiger partial charge on any atom is 2.00 e. The van der Waals surface area contributed by atoms with Gasteiger partial charge in [-0.05, 0) is 0 Å². The summed E-state index contributed by atoms with van der Waals surface area (Å²) >= 11 is 0. The van der Waals surface area contributed by atoms with E-state index in [0.29, 0.717) is 11.8 Å². The molecule has 0 aliphatic rings. The maximum atomic E-state index is 2.20. The quantitative estimate of drug-likeness (QED) is 0.667. The zero-order chi connectivity index (χ0) is 12.0. The van der Waals surface area contributed by atoms with Crippen LogP contribution in [-0.2, 0) is 17.4 Å². The molecule has 0 unspecified atom stereocenters. The molecule has 0 heterocycles. The van der Waals surface area contributed by atoms with E-state index < -0.39 is 0 Å². The Morgan fingerprint density at radius 3 is 0.941 bits per heavy atom. The molecule has 0 aliphatic heterocycles. The zero-order valence-electron chi connectivity index (χ0n) is 11.2. The van der Waals surface area contributed by atoms with Crippen LogP contribution in [0, 0.1) is 0 Å². The van der Waals surface area contributed by atoms with E-state index in [4.69, 9.17) is 0 Å². The SMILES string of the molecule is CC(C)[c-]1cccc1.CC(C)[c-]1cccc1.[Cr+2]. The van der Waals surface area contributed by atoms with Crippen LogP contribution in [0.5, 0.6) is 0 Å². The Hall–Kier alpha value is -0.768. The molecule has 0 N–H and O–H groups in total. The molecule has 0 atom stereocenters. The predicted molar refractivity (Wildman–Crippen MR) is 72.2 cm³/mol. The van der Waals surface area contributed by atoms with Gasteiger partial charge in [0.1, 0.15) is 0 Å². The molecule has 2 aromatic rings. The molecular formula is C16H22Cr. The number of rotatable bonds is 2. The van der Waals surface area contributed by atoms with E-state index in [1.807, 2.05) is 0 Å². The minimum atomic E-state index is 0. The van der Waals surface area contributed by atoms with Crippen LogP contribution in [0.3, 0.4) is 0 Å². The topological polar surface area (TPSA) is 0 Å². The van der Waals surface area contributed by atoms with Gasteiger partial charge in [0.25, 0.3) is 0 Å². The Morgan fingerprint density at radius 2 is 0.824 bits per heavy atom. The van der Waals surface area contributed by atoms with E-state index in [1.165, 1.54) is 11.1 Å². The third kappa shape index (κ3) is 5.92. The van der Waals surface area contributed by atoms with Crippen LogP contribution in [0.2, 0.25) is 0 Å². The fourth-order valence-corrected chi connectivity index (χ4v) is 1.55. The molecule has 2 rings (SSSR count). The summed E-state index contributed by atoms with van der Waals surface area (Å²) in [6, 6.07) is 16.9. The van der Waals surface area contributed by atoms with E-state index >= 15 is 0 Å². The van der Waals surface area contributed by atoms with E-state index in [9.17, 15) is 0 Å². The van der Waals surface area contributed by atoms with E-state index in [2.05, 4.69) is 76.2 Å². The van der Waals surface area contributed by atoms with Gasteiger partial charge in [-0.2, -0.15) is 35.4 Å². The van der Waals surface area contributed by atoms with Crippen molar-refractivity contribution in [2.24, 2.45) is 0 Å². The second-order valence-corrected chi connectivity index (χ2v) is 4.75. The first-order valence-corrected chi connectivity index (χ1v) is 6.04. The normalized spacial score (nSPS) is 9.76. The third-order valence-electron chi connectivity index (χ3n) is 2.71. The summed E-state index contributed by atoms with van der Waals surface area (Å²) in [7, 11) is 0. The molecule has 0 nitrogen and oxygen atoms in total. The molecule has 0 saturated carbocycles. The molecule has 0 aliphatic carbocycles. The van der Waals surface area contributed by atoms with Gasteiger partial charge in [-0.25, -0.2) is 24.3 Å². The van der Waals surface area contributed by atoms with E-state index in [-0.39, 0.29) is 17.4 Å². The molecular weight excluding hydrogens is 244 g/mol. The summed E-state index contributed by atoms with van der Waals surface area (Å²) in [6.07, 6.45) is 0. The smallest absolute Gasteiger partial charge is 0.213 e. The summed E-state index contributed by atoms with van der Waals surface area (Å²) in [4.78, 5) is 0. The first-order valence-electron chi connectivity index (χ1n) is 6.04. The summed E-state index contributed by atoms with van der Waals surface area (Å²) in [5.74, 6) is 1.37. The predicted octanol–water partition coefficient (Wildman–Crippen LogP) is 5.06. The van der Waals surface area contributed by atoms with E-state index in [1.54, 1.807) is 0 Å². The Morgan fingerprint density at radius 1 is 0.588 bits per heavy atom. The van der Waals surface area contributed by atoms with Gasteiger partial charge in [0.05, 0.1) is 0 Å². The third-order valence-corrected chi connectivity index (χ3v) is 2.71. The molecule has 0 amide bonds. The first-order chi connectivity index (χ1) is 7.61. The van der Waals surface area contributed by atoms with Gasteiger partial charge in [-0.3, -0.25) is 0 Å². The van der Waals surface area contributed by atoms with Gasteiger partial charge in [-0.15, -0.1) is 0 Å². The molecule has 0 saturated heterocycles. The molecule has 1 heteroatoms. The molecule has 2 aromatic carbocycles. The first kappa shape index (κ1) is 16.2. The standard InChI is InChI=1S/2C8H11.Cr/c2*1-7(2)8-5-3-4-6-8;/h2*3-7H,1-2H3;/q2*-1;+2. The summed E-state index contributed by atoms with van der Waals surface area (Å²) < 4.78 is 0. The van der Waals surface area contributed by atoms with Crippen molar-refractivity contribution in [1.82, 2.24) is 0 Å². The van der Waals surface area contributed by atoms with Crippen molar-refractivity contribution in [3.8, 4) is 0 Å². The molecule has 92 valence electrons. The maximum absolute atomic E-state index is 2.20. The largest absolute Gasteiger partial charge is 2.00 e. The zero-order valence-corrected chi connectivity index (χ0v) is 12.5. The van der Waals surface area contributed by atoms with Crippen LogP contribution in [0.15, 0.2) is 48.5 Å². The minimum Gasteiger partial charge on any atom is -0.213 e. The molecule has 0 spiro atoms. The van der Waals surface area contributed by atoms with Crippen molar-refractivity contribution in [2.75, 3.05) is 0 Å². The summed E-state index contributed by atoms with van der Waals surface area (Å²) in [6.45, 7) is 8.81. The molecule has 0 bridgehead atoms. The van der Waals surface area contributed by atoms with Crippen molar-refractivity contribution in [3.05, 3.63) is 59.7 Å². The van der Waals surface area contributed by atoms with Crippen molar-refractivity contribution in [3.63, 3.8) is 0 Å². The van der Waals surface area contributed by atoms with Gasteiger partial charge in [0, 0.05) is 0 Å². The Bertz CT molecular complexity index is 314. The van der Waals surface area contributed by atoms with Crippen LogP contribution in [0.4, 0.5) is 0 Å². The van der Waals surface area contributed by atoms with Crippen LogP contribution >= 0.6 is 0 Å². The van der Waals surface area contributed by atoms with Crippen LogP contribution in [0.1, 0.15) is 50.7 Å². The molecule has 17 heavy (non-hydrogen) atoms. The van der Waals surface area contributed by atoms with Crippen molar-refractivity contribution in [2.45, 2.75) is 39.5 Å². The van der Waals surface area contributed by atoms with Gasteiger partial charge in [-0.1, -0.05) is 39.5 Å². The van der Waals surface area contributed by atoms with Crippen molar-refractivity contribution >= 4 is 0 Å². The van der Waals surface area contributed by atoms with Crippen LogP contribution < -0.4 is 0 Å². The Balaban J connectivity index is 0.000000284. The Kier molecular flexibility index (Phi) is 7.97. The fourth-order valence-electron chi connectivity index (χ4n) is 1.55. The van der Waals surface area contributed by atoms with Crippen LogP contribution in [0.25, 0.3) is 0 Å². The number of hydrogen-bond donors (Lipinski definition) is 0. The summed E-state index contributed by atoms with van der Waals surface area (Å²) in [5, 5.41) is 0.